The van der Waals surface area contributed by atoms with Crippen LogP contribution in [0.2, 0.25) is 5.02 Å². The number of nitrogens with zero attached hydrogens (tertiary/aromatic N) is 3. The molecule has 3 aliphatic rings. The maximum absolute atomic E-state index is 15.1. The Morgan fingerprint density at radius 1 is 1.36 bits per heavy atom. The summed E-state index contributed by atoms with van der Waals surface area (Å²) in [4.78, 5) is 25.8. The molecule has 5 rings (SSSR count). The normalized spacial score (nSPS) is 21.8. The van der Waals surface area contributed by atoms with E-state index in [0.717, 1.165) is 31.7 Å². The third-order valence-electron chi connectivity index (χ3n) is 6.09. The molecular weight excluding hydrogens is 389 g/mol. The minimum Gasteiger partial charge on any atom is -0.477 e. The zero-order chi connectivity index (χ0) is 19.8. The van der Waals surface area contributed by atoms with Crippen LogP contribution in [0.15, 0.2) is 22.2 Å². The van der Waals surface area contributed by atoms with Crippen LogP contribution in [0.1, 0.15) is 42.1 Å². The molecule has 2 aliphatic carbocycles. The van der Waals surface area contributed by atoms with Gasteiger partial charge in [-0.25, -0.2) is 9.18 Å². The molecule has 2 aromatic rings. The number of aromatic carboxylic acids is 1. The molecule has 1 spiro atoms. The summed E-state index contributed by atoms with van der Waals surface area (Å²) in [5.41, 5.74) is -0.225. The Balaban J connectivity index is 1.75. The summed E-state index contributed by atoms with van der Waals surface area (Å²) in [5, 5.41) is 22.1. The number of benzene rings is 1. The van der Waals surface area contributed by atoms with E-state index in [-0.39, 0.29) is 34.1 Å². The number of carbonyl (C=O) groups is 1. The average Bonchev–Trinajstić information content (AvgIpc) is 3.54. The molecule has 0 bridgehead atoms. The Kier molecular flexibility index (Phi) is 3.56. The predicted octanol–water partition coefficient (Wildman–Crippen LogP) is 3.26. The number of aromatic nitrogens is 1. The van der Waals surface area contributed by atoms with E-state index in [1.807, 2.05) is 0 Å². The fraction of sp³-hybridized carbons (Fsp3) is 0.421. The Hall–Kier alpha value is -2.61. The number of anilines is 1. The summed E-state index contributed by atoms with van der Waals surface area (Å²) in [6, 6.07) is 1.12. The molecule has 0 atom stereocenters. The van der Waals surface area contributed by atoms with Crippen molar-refractivity contribution in [1.82, 2.24) is 4.57 Å². The third-order valence-corrected chi connectivity index (χ3v) is 6.45. The van der Waals surface area contributed by atoms with Gasteiger partial charge >= 0.3 is 5.97 Å². The summed E-state index contributed by atoms with van der Waals surface area (Å²) < 4.78 is 16.8. The van der Waals surface area contributed by atoms with E-state index in [9.17, 15) is 19.9 Å². The van der Waals surface area contributed by atoms with Crippen LogP contribution in [-0.4, -0.2) is 39.7 Å². The van der Waals surface area contributed by atoms with E-state index in [2.05, 4.69) is 5.16 Å². The smallest absolute Gasteiger partial charge is 0.341 e. The number of halogens is 2. The zero-order valence-corrected chi connectivity index (χ0v) is 15.5. The van der Waals surface area contributed by atoms with Crippen molar-refractivity contribution in [3.8, 4) is 0 Å². The number of oxime groups is 1. The summed E-state index contributed by atoms with van der Waals surface area (Å²) in [6.45, 7) is 0.759. The second-order valence-corrected chi connectivity index (χ2v) is 8.29. The standard InChI is InChI=1S/C19H17ClFN3O4/c20-14-15-10(17(25)11(18(26)27)6-24(15)9-1-2-9)5-12(21)16(14)23-7-13(22-28)19(8-23)3-4-19/h5-6,9,28H,1-4,7-8H2,(H,26,27). The van der Waals surface area contributed by atoms with E-state index >= 15 is 4.39 Å². The van der Waals surface area contributed by atoms with Gasteiger partial charge in [-0.15, -0.1) is 0 Å². The van der Waals surface area contributed by atoms with Crippen LogP contribution in [0, 0.1) is 11.2 Å². The van der Waals surface area contributed by atoms with Gasteiger partial charge in [-0.1, -0.05) is 16.8 Å². The molecule has 146 valence electrons. The number of carboxylic acid groups (broad SMARTS) is 1. The molecule has 0 unspecified atom stereocenters. The van der Waals surface area contributed by atoms with E-state index in [4.69, 9.17) is 11.6 Å². The number of hydrogen-bond acceptors (Lipinski definition) is 5. The van der Waals surface area contributed by atoms with E-state index in [1.54, 1.807) is 9.47 Å². The minimum atomic E-state index is -1.35. The lowest BCUT2D eigenvalue weighted by Crippen LogP contribution is -2.24. The Bertz CT molecular complexity index is 1130. The summed E-state index contributed by atoms with van der Waals surface area (Å²) in [6.07, 6.45) is 4.75. The zero-order valence-electron chi connectivity index (χ0n) is 14.8. The van der Waals surface area contributed by atoms with Crippen LogP contribution in [0.25, 0.3) is 10.9 Å². The Morgan fingerprint density at radius 3 is 2.61 bits per heavy atom. The lowest BCUT2D eigenvalue weighted by atomic mass is 10.1. The lowest BCUT2D eigenvalue weighted by molar-refractivity contribution is 0.0695. The molecule has 2 saturated carbocycles. The van der Waals surface area contributed by atoms with Crippen LogP contribution < -0.4 is 10.3 Å². The van der Waals surface area contributed by atoms with Gasteiger partial charge in [0, 0.05) is 24.2 Å². The van der Waals surface area contributed by atoms with Crippen molar-refractivity contribution in [2.24, 2.45) is 10.6 Å². The van der Waals surface area contributed by atoms with Gasteiger partial charge in [-0.2, -0.15) is 0 Å². The highest BCUT2D eigenvalue weighted by Gasteiger charge is 2.54. The monoisotopic (exact) mass is 405 g/mol. The van der Waals surface area contributed by atoms with Crippen molar-refractivity contribution in [3.05, 3.63) is 38.9 Å². The quantitative estimate of drug-likeness (QED) is 0.603. The number of rotatable bonds is 3. The van der Waals surface area contributed by atoms with Crippen molar-refractivity contribution in [2.75, 3.05) is 18.0 Å². The van der Waals surface area contributed by atoms with E-state index in [1.165, 1.54) is 6.20 Å². The highest BCUT2D eigenvalue weighted by molar-refractivity contribution is 6.38. The van der Waals surface area contributed by atoms with Crippen molar-refractivity contribution in [3.63, 3.8) is 0 Å². The largest absolute Gasteiger partial charge is 0.477 e. The van der Waals surface area contributed by atoms with Crippen molar-refractivity contribution >= 4 is 39.9 Å². The van der Waals surface area contributed by atoms with Gasteiger partial charge in [0.1, 0.15) is 11.4 Å². The first-order valence-corrected chi connectivity index (χ1v) is 9.50. The maximum Gasteiger partial charge on any atom is 0.341 e. The first-order valence-electron chi connectivity index (χ1n) is 9.13. The number of pyridine rings is 1. The molecule has 1 saturated heterocycles. The second kappa shape index (κ2) is 5.70. The van der Waals surface area contributed by atoms with Gasteiger partial charge in [-0.3, -0.25) is 4.79 Å². The highest BCUT2D eigenvalue weighted by atomic mass is 35.5. The van der Waals surface area contributed by atoms with E-state index in [0.29, 0.717) is 17.8 Å². The summed E-state index contributed by atoms with van der Waals surface area (Å²) in [5.74, 6) is -2.03. The molecule has 28 heavy (non-hydrogen) atoms. The lowest BCUT2D eigenvalue weighted by Gasteiger charge is -2.23. The average molecular weight is 406 g/mol. The molecule has 0 radical (unpaired) electrons. The number of carboxylic acids is 1. The SMILES string of the molecule is O=C(O)c1cn(C2CC2)c2c(Cl)c(N3CC(=NO)C4(CC4)C3)c(F)cc2c1=O. The predicted molar refractivity (Wildman–Crippen MR) is 102 cm³/mol. The Labute approximate surface area is 163 Å². The van der Waals surface area contributed by atoms with Gasteiger partial charge in [0.2, 0.25) is 5.43 Å². The van der Waals surface area contributed by atoms with Crippen LogP contribution in [0.3, 0.4) is 0 Å². The first kappa shape index (κ1) is 17.5. The second-order valence-electron chi connectivity index (χ2n) is 7.92. The van der Waals surface area contributed by atoms with Gasteiger partial charge in [0.15, 0.2) is 0 Å². The summed E-state index contributed by atoms with van der Waals surface area (Å²) in [7, 11) is 0. The van der Waals surface area contributed by atoms with Gasteiger partial charge < -0.3 is 19.8 Å². The fourth-order valence-electron chi connectivity index (χ4n) is 4.27. The van der Waals surface area contributed by atoms with Gasteiger partial charge in [0.05, 0.1) is 33.9 Å². The van der Waals surface area contributed by atoms with Crippen LogP contribution >= 0.6 is 11.6 Å². The topological polar surface area (TPSA) is 95.1 Å². The van der Waals surface area contributed by atoms with Crippen molar-refractivity contribution in [1.29, 1.82) is 0 Å². The third kappa shape index (κ3) is 2.37. The van der Waals surface area contributed by atoms with Crippen LogP contribution in [-0.2, 0) is 0 Å². The van der Waals surface area contributed by atoms with Crippen LogP contribution in [0.4, 0.5) is 10.1 Å². The van der Waals surface area contributed by atoms with Crippen LogP contribution in [0.5, 0.6) is 0 Å². The molecule has 2 heterocycles. The molecule has 7 nitrogen and oxygen atoms in total. The highest BCUT2D eigenvalue weighted by Crippen LogP contribution is 2.53. The molecule has 0 amide bonds. The number of fused-ring (bicyclic) bond motifs is 1. The van der Waals surface area contributed by atoms with Crippen molar-refractivity contribution < 1.29 is 19.5 Å². The Morgan fingerprint density at radius 2 is 2.07 bits per heavy atom. The van der Waals surface area contributed by atoms with Crippen molar-refractivity contribution in [2.45, 2.75) is 31.7 Å². The summed E-state index contributed by atoms with van der Waals surface area (Å²) >= 11 is 6.62. The molecule has 1 aromatic carbocycles. The minimum absolute atomic E-state index is 0.0329. The molecule has 1 aromatic heterocycles. The molecule has 1 aliphatic heterocycles. The molecule has 3 fully saturated rings. The molecule has 2 N–H and O–H groups in total. The fourth-order valence-corrected chi connectivity index (χ4v) is 4.68. The van der Waals surface area contributed by atoms with E-state index < -0.39 is 22.8 Å². The maximum atomic E-state index is 15.1. The molecular formula is C19H17ClFN3O4. The van der Waals surface area contributed by atoms with Gasteiger partial charge in [0.25, 0.3) is 0 Å². The van der Waals surface area contributed by atoms with Gasteiger partial charge in [-0.05, 0) is 31.7 Å². The number of hydrogen-bond donors (Lipinski definition) is 2. The first-order chi connectivity index (χ1) is 13.4. The molecule has 9 heteroatoms.